The first-order chi connectivity index (χ1) is 9.17. The van der Waals surface area contributed by atoms with E-state index in [1.807, 2.05) is 24.3 Å². The van der Waals surface area contributed by atoms with Crippen LogP contribution < -0.4 is 10.1 Å². The van der Waals surface area contributed by atoms with Gasteiger partial charge in [0.15, 0.2) is 6.73 Å². The SMILES string of the molecule is CCc1ccc(OCn2cc(NC(C)=O)cn2)cc1. The summed E-state index contributed by atoms with van der Waals surface area (Å²) in [6.45, 7) is 3.89. The summed E-state index contributed by atoms with van der Waals surface area (Å²) in [6, 6.07) is 7.97. The van der Waals surface area contributed by atoms with E-state index in [0.29, 0.717) is 12.4 Å². The van der Waals surface area contributed by atoms with Crippen molar-refractivity contribution < 1.29 is 9.53 Å². The number of hydrogen-bond acceptors (Lipinski definition) is 3. The molecule has 1 heterocycles. The summed E-state index contributed by atoms with van der Waals surface area (Å²) in [4.78, 5) is 10.9. The molecule has 1 aromatic carbocycles. The second-order valence-electron chi connectivity index (χ2n) is 4.22. The first-order valence-corrected chi connectivity index (χ1v) is 6.19. The number of carbonyl (C=O) groups is 1. The Labute approximate surface area is 112 Å². The Morgan fingerprint density at radius 1 is 1.37 bits per heavy atom. The average Bonchev–Trinajstić information content (AvgIpc) is 2.84. The molecule has 0 aliphatic rings. The lowest BCUT2D eigenvalue weighted by Gasteiger charge is -2.06. The number of hydrogen-bond donors (Lipinski definition) is 1. The number of aryl methyl sites for hydroxylation is 1. The van der Waals surface area contributed by atoms with Gasteiger partial charge in [0.05, 0.1) is 18.1 Å². The Kier molecular flexibility index (Phi) is 4.18. The lowest BCUT2D eigenvalue weighted by atomic mass is 10.2. The van der Waals surface area contributed by atoms with Crippen molar-refractivity contribution in [3.05, 3.63) is 42.2 Å². The van der Waals surface area contributed by atoms with Gasteiger partial charge in [0.1, 0.15) is 5.75 Å². The Morgan fingerprint density at radius 3 is 2.74 bits per heavy atom. The van der Waals surface area contributed by atoms with E-state index in [1.165, 1.54) is 12.5 Å². The van der Waals surface area contributed by atoms with Crippen LogP contribution in [0, 0.1) is 0 Å². The number of nitrogens with one attached hydrogen (secondary N) is 1. The zero-order valence-corrected chi connectivity index (χ0v) is 11.1. The number of nitrogens with zero attached hydrogens (tertiary/aromatic N) is 2. The lowest BCUT2D eigenvalue weighted by molar-refractivity contribution is -0.114. The largest absolute Gasteiger partial charge is 0.471 e. The summed E-state index contributed by atoms with van der Waals surface area (Å²) in [7, 11) is 0. The minimum Gasteiger partial charge on any atom is -0.471 e. The quantitative estimate of drug-likeness (QED) is 0.897. The molecule has 0 aliphatic carbocycles. The zero-order valence-electron chi connectivity index (χ0n) is 11.1. The van der Waals surface area contributed by atoms with E-state index in [2.05, 4.69) is 17.3 Å². The van der Waals surface area contributed by atoms with Gasteiger partial charge >= 0.3 is 0 Å². The monoisotopic (exact) mass is 259 g/mol. The van der Waals surface area contributed by atoms with Crippen LogP contribution in [-0.2, 0) is 17.9 Å². The maximum Gasteiger partial charge on any atom is 0.221 e. The molecule has 1 amide bonds. The summed E-state index contributed by atoms with van der Waals surface area (Å²) >= 11 is 0. The Bertz CT molecular complexity index is 546. The van der Waals surface area contributed by atoms with Crippen LogP contribution in [-0.4, -0.2) is 15.7 Å². The molecule has 0 unspecified atom stereocenters. The van der Waals surface area contributed by atoms with Crippen molar-refractivity contribution in [2.75, 3.05) is 5.32 Å². The van der Waals surface area contributed by atoms with E-state index in [0.717, 1.165) is 12.2 Å². The van der Waals surface area contributed by atoms with Gasteiger partial charge in [-0.1, -0.05) is 19.1 Å². The number of carbonyl (C=O) groups excluding carboxylic acids is 1. The first kappa shape index (κ1) is 13.1. The van der Waals surface area contributed by atoms with Crippen molar-refractivity contribution in [3.63, 3.8) is 0 Å². The zero-order chi connectivity index (χ0) is 13.7. The highest BCUT2D eigenvalue weighted by molar-refractivity contribution is 5.88. The van der Waals surface area contributed by atoms with Crippen molar-refractivity contribution in [3.8, 4) is 5.75 Å². The maximum atomic E-state index is 10.9. The van der Waals surface area contributed by atoms with Gasteiger partial charge < -0.3 is 10.1 Å². The molecule has 0 fully saturated rings. The first-order valence-electron chi connectivity index (χ1n) is 6.19. The van der Waals surface area contributed by atoms with Gasteiger partial charge in [-0.25, -0.2) is 4.68 Å². The van der Waals surface area contributed by atoms with E-state index >= 15 is 0 Å². The molecule has 1 N–H and O–H groups in total. The smallest absolute Gasteiger partial charge is 0.221 e. The van der Waals surface area contributed by atoms with E-state index < -0.39 is 0 Å². The van der Waals surface area contributed by atoms with E-state index in [4.69, 9.17) is 4.74 Å². The summed E-state index contributed by atoms with van der Waals surface area (Å²) in [6.07, 6.45) is 4.33. The fourth-order valence-electron chi connectivity index (χ4n) is 1.66. The minimum absolute atomic E-state index is 0.115. The molecule has 0 radical (unpaired) electrons. The van der Waals surface area contributed by atoms with Gasteiger partial charge in [0, 0.05) is 6.92 Å². The highest BCUT2D eigenvalue weighted by Crippen LogP contribution is 2.13. The molecule has 19 heavy (non-hydrogen) atoms. The maximum absolute atomic E-state index is 10.9. The van der Waals surface area contributed by atoms with Gasteiger partial charge in [-0.2, -0.15) is 5.10 Å². The predicted octanol–water partition coefficient (Wildman–Crippen LogP) is 2.44. The average molecular weight is 259 g/mol. The highest BCUT2D eigenvalue weighted by Gasteiger charge is 2.00. The summed E-state index contributed by atoms with van der Waals surface area (Å²) in [5, 5.41) is 6.76. The van der Waals surface area contributed by atoms with Gasteiger partial charge in [0.2, 0.25) is 5.91 Å². The molecule has 0 bridgehead atoms. The molecule has 0 saturated carbocycles. The molecule has 0 saturated heterocycles. The van der Waals surface area contributed by atoms with E-state index in [-0.39, 0.29) is 5.91 Å². The van der Waals surface area contributed by atoms with E-state index in [9.17, 15) is 4.79 Å². The van der Waals surface area contributed by atoms with Crippen molar-refractivity contribution in [2.24, 2.45) is 0 Å². The Morgan fingerprint density at radius 2 is 2.11 bits per heavy atom. The highest BCUT2D eigenvalue weighted by atomic mass is 16.5. The molecule has 0 aliphatic heterocycles. The van der Waals surface area contributed by atoms with Crippen LogP contribution in [0.4, 0.5) is 5.69 Å². The van der Waals surface area contributed by atoms with Crippen molar-refractivity contribution in [1.82, 2.24) is 9.78 Å². The van der Waals surface area contributed by atoms with Crippen LogP contribution in [0.2, 0.25) is 0 Å². The number of amides is 1. The second-order valence-corrected chi connectivity index (χ2v) is 4.22. The van der Waals surface area contributed by atoms with Crippen LogP contribution >= 0.6 is 0 Å². The number of ether oxygens (including phenoxy) is 1. The van der Waals surface area contributed by atoms with Crippen molar-refractivity contribution in [1.29, 1.82) is 0 Å². The molecular formula is C14H17N3O2. The van der Waals surface area contributed by atoms with Gasteiger partial charge in [-0.15, -0.1) is 0 Å². The number of aromatic nitrogens is 2. The van der Waals surface area contributed by atoms with Gasteiger partial charge in [-0.05, 0) is 24.1 Å². The molecular weight excluding hydrogens is 242 g/mol. The molecule has 2 rings (SSSR count). The predicted molar refractivity (Wildman–Crippen MR) is 73.0 cm³/mol. The second kappa shape index (κ2) is 6.04. The fraction of sp³-hybridized carbons (Fsp3) is 0.286. The van der Waals surface area contributed by atoms with Crippen LogP contribution in [0.3, 0.4) is 0 Å². The van der Waals surface area contributed by atoms with Crippen molar-refractivity contribution >= 4 is 11.6 Å². The van der Waals surface area contributed by atoms with Crippen LogP contribution in [0.25, 0.3) is 0 Å². The fourth-order valence-corrected chi connectivity index (χ4v) is 1.66. The summed E-state index contributed by atoms with van der Waals surface area (Å²) in [5.74, 6) is 0.685. The third kappa shape index (κ3) is 3.84. The minimum atomic E-state index is -0.115. The summed E-state index contributed by atoms with van der Waals surface area (Å²) < 4.78 is 7.22. The van der Waals surface area contributed by atoms with Crippen LogP contribution in [0.1, 0.15) is 19.4 Å². The van der Waals surface area contributed by atoms with Gasteiger partial charge in [0.25, 0.3) is 0 Å². The molecule has 0 spiro atoms. The standard InChI is InChI=1S/C14H17N3O2/c1-3-12-4-6-14(7-5-12)19-10-17-9-13(8-15-17)16-11(2)18/h4-9H,3,10H2,1-2H3,(H,16,18). The van der Waals surface area contributed by atoms with E-state index in [1.54, 1.807) is 17.1 Å². The Hall–Kier alpha value is -2.30. The Balaban J connectivity index is 1.90. The topological polar surface area (TPSA) is 56.1 Å². The number of benzene rings is 1. The number of anilines is 1. The normalized spacial score (nSPS) is 10.2. The molecule has 100 valence electrons. The van der Waals surface area contributed by atoms with Crippen LogP contribution in [0.5, 0.6) is 5.75 Å². The third-order valence-corrected chi connectivity index (χ3v) is 2.65. The molecule has 0 atom stereocenters. The van der Waals surface area contributed by atoms with Gasteiger partial charge in [-0.3, -0.25) is 4.79 Å². The number of rotatable bonds is 5. The lowest BCUT2D eigenvalue weighted by Crippen LogP contribution is -2.06. The van der Waals surface area contributed by atoms with Crippen LogP contribution in [0.15, 0.2) is 36.7 Å². The molecule has 1 aromatic heterocycles. The molecule has 5 heteroatoms. The molecule has 2 aromatic rings. The third-order valence-electron chi connectivity index (χ3n) is 2.65. The molecule has 5 nitrogen and oxygen atoms in total. The van der Waals surface area contributed by atoms with Crippen molar-refractivity contribution in [2.45, 2.75) is 27.0 Å². The summed E-state index contributed by atoms with van der Waals surface area (Å²) in [5.41, 5.74) is 1.94.